The van der Waals surface area contributed by atoms with Gasteiger partial charge < -0.3 is 15.8 Å². The topological polar surface area (TPSA) is 86.0 Å². The average molecular weight is 327 g/mol. The maximum atomic E-state index is 5.66. The lowest BCUT2D eigenvalue weighted by Crippen LogP contribution is -1.98. The van der Waals surface area contributed by atoms with E-state index in [-0.39, 0.29) is 0 Å². The Hall–Kier alpha value is -2.51. The third-order valence-corrected chi connectivity index (χ3v) is 4.43. The first-order valence-electron chi connectivity index (χ1n) is 7.10. The maximum Gasteiger partial charge on any atom is 0.227 e. The minimum Gasteiger partial charge on any atom is -0.497 e. The Labute approximate surface area is 138 Å². The van der Waals surface area contributed by atoms with E-state index in [0.717, 1.165) is 32.7 Å². The SMILES string of the molecule is COc1cccc(Nc2nccc(-c3sc(CN)nc3C)n2)c1. The summed E-state index contributed by atoms with van der Waals surface area (Å²) >= 11 is 1.56. The molecule has 0 bridgehead atoms. The Bertz CT molecular complexity index is 818. The number of nitrogens with zero attached hydrogens (tertiary/aromatic N) is 3. The van der Waals surface area contributed by atoms with Crippen molar-refractivity contribution in [3.05, 3.63) is 47.2 Å². The van der Waals surface area contributed by atoms with Crippen molar-refractivity contribution < 1.29 is 4.74 Å². The fourth-order valence-electron chi connectivity index (χ4n) is 2.15. The van der Waals surface area contributed by atoms with Crippen LogP contribution in [0.1, 0.15) is 10.7 Å². The number of aromatic nitrogens is 3. The zero-order valence-corrected chi connectivity index (χ0v) is 13.7. The molecule has 2 aromatic heterocycles. The van der Waals surface area contributed by atoms with E-state index in [9.17, 15) is 0 Å². The lowest BCUT2D eigenvalue weighted by Gasteiger charge is -2.07. The summed E-state index contributed by atoms with van der Waals surface area (Å²) in [6, 6.07) is 9.49. The number of ether oxygens (including phenoxy) is 1. The highest BCUT2D eigenvalue weighted by Crippen LogP contribution is 2.29. The zero-order valence-electron chi connectivity index (χ0n) is 12.9. The first-order chi connectivity index (χ1) is 11.2. The Balaban J connectivity index is 1.88. The first kappa shape index (κ1) is 15.4. The maximum absolute atomic E-state index is 5.66. The Morgan fingerprint density at radius 2 is 2.13 bits per heavy atom. The normalized spacial score (nSPS) is 10.6. The van der Waals surface area contributed by atoms with E-state index in [2.05, 4.69) is 20.3 Å². The minimum absolute atomic E-state index is 0.436. The van der Waals surface area contributed by atoms with Gasteiger partial charge in [-0.25, -0.2) is 15.0 Å². The van der Waals surface area contributed by atoms with Gasteiger partial charge in [0.2, 0.25) is 5.95 Å². The molecule has 23 heavy (non-hydrogen) atoms. The molecular weight excluding hydrogens is 310 g/mol. The van der Waals surface area contributed by atoms with Gasteiger partial charge in [0.05, 0.1) is 23.4 Å². The van der Waals surface area contributed by atoms with Gasteiger partial charge in [0, 0.05) is 24.5 Å². The third-order valence-electron chi connectivity index (χ3n) is 3.23. The van der Waals surface area contributed by atoms with Gasteiger partial charge in [0.25, 0.3) is 0 Å². The van der Waals surface area contributed by atoms with Gasteiger partial charge in [-0.15, -0.1) is 11.3 Å². The summed E-state index contributed by atoms with van der Waals surface area (Å²) in [6.45, 7) is 2.40. The molecule has 3 aromatic rings. The van der Waals surface area contributed by atoms with Crippen LogP contribution in [0.15, 0.2) is 36.5 Å². The van der Waals surface area contributed by atoms with Crippen molar-refractivity contribution in [1.29, 1.82) is 0 Å². The van der Waals surface area contributed by atoms with Crippen LogP contribution in [0.25, 0.3) is 10.6 Å². The number of nitrogens with two attached hydrogens (primary N) is 1. The molecule has 0 spiro atoms. The second-order valence-corrected chi connectivity index (χ2v) is 5.93. The first-order valence-corrected chi connectivity index (χ1v) is 7.92. The quantitative estimate of drug-likeness (QED) is 0.749. The number of hydrogen-bond donors (Lipinski definition) is 2. The van der Waals surface area contributed by atoms with Crippen molar-refractivity contribution >= 4 is 23.0 Å². The summed E-state index contributed by atoms with van der Waals surface area (Å²) in [4.78, 5) is 14.3. The number of thiazole rings is 1. The number of rotatable bonds is 5. The van der Waals surface area contributed by atoms with E-state index < -0.39 is 0 Å². The molecule has 1 aromatic carbocycles. The largest absolute Gasteiger partial charge is 0.497 e. The van der Waals surface area contributed by atoms with E-state index in [1.807, 2.05) is 37.3 Å². The summed E-state index contributed by atoms with van der Waals surface area (Å²) in [5.41, 5.74) is 8.29. The van der Waals surface area contributed by atoms with Gasteiger partial charge in [-0.1, -0.05) is 6.07 Å². The smallest absolute Gasteiger partial charge is 0.227 e. The van der Waals surface area contributed by atoms with Crippen molar-refractivity contribution in [2.24, 2.45) is 5.73 Å². The second kappa shape index (κ2) is 6.72. The number of anilines is 2. The molecule has 0 aliphatic carbocycles. The van der Waals surface area contributed by atoms with Crippen LogP contribution in [-0.4, -0.2) is 22.1 Å². The van der Waals surface area contributed by atoms with Crippen LogP contribution in [0.3, 0.4) is 0 Å². The molecule has 0 saturated heterocycles. The van der Waals surface area contributed by atoms with Gasteiger partial charge in [0.1, 0.15) is 10.8 Å². The fraction of sp³-hybridized carbons (Fsp3) is 0.188. The molecule has 0 radical (unpaired) electrons. The van der Waals surface area contributed by atoms with Crippen LogP contribution >= 0.6 is 11.3 Å². The Morgan fingerprint density at radius 1 is 1.26 bits per heavy atom. The molecule has 0 atom stereocenters. The lowest BCUT2D eigenvalue weighted by molar-refractivity contribution is 0.415. The second-order valence-electron chi connectivity index (χ2n) is 4.85. The molecular formula is C16H17N5OS. The number of aryl methyl sites for hydroxylation is 1. The van der Waals surface area contributed by atoms with E-state index in [1.54, 1.807) is 24.6 Å². The van der Waals surface area contributed by atoms with Gasteiger partial charge in [0.15, 0.2) is 0 Å². The van der Waals surface area contributed by atoms with E-state index in [0.29, 0.717) is 12.5 Å². The van der Waals surface area contributed by atoms with Gasteiger partial charge in [-0.05, 0) is 25.1 Å². The molecule has 0 saturated carbocycles. The molecule has 3 N–H and O–H groups in total. The Kier molecular flexibility index (Phi) is 4.50. The van der Waals surface area contributed by atoms with Crippen LogP contribution in [0.5, 0.6) is 5.75 Å². The van der Waals surface area contributed by atoms with E-state index in [4.69, 9.17) is 10.5 Å². The van der Waals surface area contributed by atoms with Crippen LogP contribution in [0.4, 0.5) is 11.6 Å². The molecule has 7 heteroatoms. The third kappa shape index (κ3) is 3.46. The predicted molar refractivity (Wildman–Crippen MR) is 92.0 cm³/mol. The molecule has 2 heterocycles. The van der Waals surface area contributed by atoms with Crippen molar-refractivity contribution in [2.45, 2.75) is 13.5 Å². The summed E-state index contributed by atoms with van der Waals surface area (Å²) in [5, 5.41) is 4.09. The van der Waals surface area contributed by atoms with Crippen LogP contribution in [-0.2, 0) is 6.54 Å². The van der Waals surface area contributed by atoms with Crippen molar-refractivity contribution in [2.75, 3.05) is 12.4 Å². The van der Waals surface area contributed by atoms with Crippen LogP contribution in [0.2, 0.25) is 0 Å². The monoisotopic (exact) mass is 327 g/mol. The number of methoxy groups -OCH3 is 1. The molecule has 0 amide bonds. The Morgan fingerprint density at radius 3 is 2.87 bits per heavy atom. The number of benzene rings is 1. The molecule has 0 aliphatic heterocycles. The highest BCUT2D eigenvalue weighted by molar-refractivity contribution is 7.15. The molecule has 0 unspecified atom stereocenters. The minimum atomic E-state index is 0.436. The molecule has 3 rings (SSSR count). The van der Waals surface area contributed by atoms with Crippen LogP contribution < -0.4 is 15.8 Å². The molecule has 6 nitrogen and oxygen atoms in total. The fourth-order valence-corrected chi connectivity index (χ4v) is 3.07. The highest BCUT2D eigenvalue weighted by Gasteiger charge is 2.11. The summed E-state index contributed by atoms with van der Waals surface area (Å²) in [7, 11) is 1.64. The summed E-state index contributed by atoms with van der Waals surface area (Å²) in [6.07, 6.45) is 1.73. The molecule has 0 fully saturated rings. The number of nitrogens with one attached hydrogen (secondary N) is 1. The van der Waals surface area contributed by atoms with Gasteiger partial charge in [-0.3, -0.25) is 0 Å². The van der Waals surface area contributed by atoms with E-state index in [1.165, 1.54) is 0 Å². The van der Waals surface area contributed by atoms with Gasteiger partial charge >= 0.3 is 0 Å². The van der Waals surface area contributed by atoms with Crippen molar-refractivity contribution in [3.63, 3.8) is 0 Å². The average Bonchev–Trinajstić information content (AvgIpc) is 2.96. The van der Waals surface area contributed by atoms with Crippen molar-refractivity contribution in [3.8, 4) is 16.3 Å². The predicted octanol–water partition coefficient (Wildman–Crippen LogP) is 3.12. The summed E-state index contributed by atoms with van der Waals surface area (Å²) in [5.74, 6) is 1.30. The van der Waals surface area contributed by atoms with E-state index >= 15 is 0 Å². The van der Waals surface area contributed by atoms with Gasteiger partial charge in [-0.2, -0.15) is 0 Å². The highest BCUT2D eigenvalue weighted by atomic mass is 32.1. The molecule has 0 aliphatic rings. The molecule has 118 valence electrons. The summed E-state index contributed by atoms with van der Waals surface area (Å²) < 4.78 is 5.22. The lowest BCUT2D eigenvalue weighted by atomic mass is 10.3. The standard InChI is InChI=1S/C16H17N5OS/c1-10-15(23-14(9-17)19-10)13-6-7-18-16(21-13)20-11-4-3-5-12(8-11)22-2/h3-8H,9,17H2,1-2H3,(H,18,20,21). The number of hydrogen-bond acceptors (Lipinski definition) is 7. The van der Waals surface area contributed by atoms with Crippen molar-refractivity contribution in [1.82, 2.24) is 15.0 Å². The van der Waals surface area contributed by atoms with Crippen LogP contribution in [0, 0.1) is 6.92 Å². The zero-order chi connectivity index (χ0) is 16.2.